The average Bonchev–Trinajstić information content (AvgIpc) is 2.95. The maximum Gasteiger partial charge on any atom is 0.149 e. The molecule has 2 fully saturated rings. The zero-order valence-corrected chi connectivity index (χ0v) is 21.1. The number of rotatable bonds is 6. The molecule has 1 saturated heterocycles. The van der Waals surface area contributed by atoms with E-state index in [1.54, 1.807) is 18.7 Å². The van der Waals surface area contributed by atoms with Crippen LogP contribution in [0.2, 0.25) is 0 Å². The normalized spacial score (nSPS) is 20.2. The molecule has 9 heteroatoms. The molecule has 0 bridgehead atoms. The van der Waals surface area contributed by atoms with Crippen LogP contribution >= 0.6 is 0 Å². The lowest BCUT2D eigenvalue weighted by Gasteiger charge is -2.31. The van der Waals surface area contributed by atoms with Gasteiger partial charge >= 0.3 is 0 Å². The zero-order valence-electron chi connectivity index (χ0n) is 21.1. The maximum atomic E-state index is 6.59. The number of anilines is 1. The number of morpholine rings is 1. The third kappa shape index (κ3) is 5.51. The highest BCUT2D eigenvalue weighted by atomic mass is 16.5. The topological polar surface area (TPSA) is 99.0 Å². The molecule has 4 aromatic rings. The van der Waals surface area contributed by atoms with Crippen molar-refractivity contribution in [2.45, 2.75) is 45.1 Å². The van der Waals surface area contributed by atoms with Crippen LogP contribution in [-0.2, 0) is 11.2 Å². The molecule has 9 nitrogen and oxygen atoms in total. The molecule has 1 saturated carbocycles. The van der Waals surface area contributed by atoms with Gasteiger partial charge < -0.3 is 14.4 Å². The number of fused-ring (bicyclic) bond motifs is 1. The molecule has 0 atom stereocenters. The monoisotopic (exact) mass is 497 g/mol. The van der Waals surface area contributed by atoms with Gasteiger partial charge in [0.1, 0.15) is 23.4 Å². The number of aryl methyl sites for hydroxylation is 1. The Morgan fingerprint density at radius 2 is 1.68 bits per heavy atom. The Bertz CT molecular complexity index is 1350. The smallest absolute Gasteiger partial charge is 0.149 e. The van der Waals surface area contributed by atoms with E-state index in [2.05, 4.69) is 53.0 Å². The van der Waals surface area contributed by atoms with Gasteiger partial charge in [-0.05, 0) is 57.1 Å². The molecule has 37 heavy (non-hydrogen) atoms. The van der Waals surface area contributed by atoms with Crippen LogP contribution in [0.3, 0.4) is 0 Å². The molecule has 3 aromatic heterocycles. The van der Waals surface area contributed by atoms with Crippen LogP contribution < -0.4 is 9.64 Å². The van der Waals surface area contributed by atoms with Crippen LogP contribution in [0, 0.1) is 12.8 Å². The minimum absolute atomic E-state index is 0.173. The quantitative estimate of drug-likeness (QED) is 0.388. The van der Waals surface area contributed by atoms with Gasteiger partial charge in [0.05, 0.1) is 30.5 Å². The number of ether oxygens (including phenoxy) is 2. The Morgan fingerprint density at radius 3 is 2.49 bits per heavy atom. The molecule has 0 amide bonds. The van der Waals surface area contributed by atoms with Crippen molar-refractivity contribution in [1.29, 1.82) is 0 Å². The highest BCUT2D eigenvalue weighted by Gasteiger charge is 2.25. The van der Waals surface area contributed by atoms with Crippen molar-refractivity contribution in [3.63, 3.8) is 0 Å². The van der Waals surface area contributed by atoms with Gasteiger partial charge in [-0.15, -0.1) is 0 Å². The van der Waals surface area contributed by atoms with Crippen LogP contribution in [0.25, 0.3) is 22.3 Å². The first-order valence-corrected chi connectivity index (χ1v) is 13.1. The lowest BCUT2D eigenvalue weighted by Crippen LogP contribution is -2.36. The zero-order chi connectivity index (χ0) is 25.0. The van der Waals surface area contributed by atoms with Gasteiger partial charge in [0, 0.05) is 60.9 Å². The summed E-state index contributed by atoms with van der Waals surface area (Å²) in [7, 11) is 0. The minimum Gasteiger partial charge on any atom is -0.488 e. The van der Waals surface area contributed by atoms with Gasteiger partial charge in [0.15, 0.2) is 0 Å². The highest BCUT2D eigenvalue weighted by molar-refractivity contribution is 5.85. The Labute approximate surface area is 216 Å². The van der Waals surface area contributed by atoms with E-state index in [0.717, 1.165) is 104 Å². The van der Waals surface area contributed by atoms with Crippen LogP contribution in [0.5, 0.6) is 5.75 Å². The van der Waals surface area contributed by atoms with E-state index in [1.165, 1.54) is 0 Å². The maximum absolute atomic E-state index is 6.59. The van der Waals surface area contributed by atoms with E-state index < -0.39 is 0 Å². The molecule has 1 aliphatic carbocycles. The summed E-state index contributed by atoms with van der Waals surface area (Å²) in [5.41, 5.74) is 5.67. The number of hydrogen-bond donors (Lipinski definition) is 0. The summed E-state index contributed by atoms with van der Waals surface area (Å²) >= 11 is 0. The van der Waals surface area contributed by atoms with Gasteiger partial charge in [0.2, 0.25) is 0 Å². The second-order valence-corrected chi connectivity index (χ2v) is 9.85. The fraction of sp³-hybridized carbons (Fsp3) is 0.429. The number of nitrogens with zero attached hydrogens (tertiary/aromatic N) is 7. The fourth-order valence-corrected chi connectivity index (χ4v) is 5.24. The van der Waals surface area contributed by atoms with Crippen molar-refractivity contribution in [2.24, 2.45) is 5.92 Å². The average molecular weight is 498 g/mol. The van der Waals surface area contributed by atoms with Gasteiger partial charge in [0.25, 0.3) is 0 Å². The van der Waals surface area contributed by atoms with Crippen LogP contribution in [0.4, 0.5) is 5.69 Å². The molecule has 4 heterocycles. The third-order valence-electron chi connectivity index (χ3n) is 7.29. The molecule has 0 spiro atoms. The van der Waals surface area contributed by atoms with Gasteiger partial charge in [-0.3, -0.25) is 4.98 Å². The van der Waals surface area contributed by atoms with Crippen LogP contribution in [0.15, 0.2) is 49.3 Å². The second kappa shape index (κ2) is 10.7. The molecule has 2 aliphatic rings. The molecule has 1 aromatic carbocycles. The van der Waals surface area contributed by atoms with Crippen molar-refractivity contribution < 1.29 is 9.47 Å². The van der Waals surface area contributed by atoms with Gasteiger partial charge in [-0.1, -0.05) is 0 Å². The minimum atomic E-state index is 0.173. The van der Waals surface area contributed by atoms with E-state index in [9.17, 15) is 0 Å². The third-order valence-corrected chi connectivity index (χ3v) is 7.29. The number of benzene rings is 1. The lowest BCUT2D eigenvalue weighted by atomic mass is 9.84. The molecular weight excluding hydrogens is 466 g/mol. The van der Waals surface area contributed by atoms with E-state index in [1.807, 2.05) is 19.3 Å². The highest BCUT2D eigenvalue weighted by Crippen LogP contribution is 2.34. The molecule has 190 valence electrons. The molecule has 0 radical (unpaired) electrons. The Hall–Kier alpha value is -3.72. The molecule has 1 aliphatic heterocycles. The number of aromatic nitrogens is 6. The lowest BCUT2D eigenvalue weighted by molar-refractivity contribution is 0.122. The SMILES string of the molecule is Cc1ncc(-c2cc(CC3CCC(Oc4cc(N5CCOCC5)cc5nccnc45)CC3)ncn2)cn1. The summed E-state index contributed by atoms with van der Waals surface area (Å²) in [6.07, 6.45) is 14.1. The molecule has 6 rings (SSSR count). The van der Waals surface area contributed by atoms with Crippen molar-refractivity contribution in [3.8, 4) is 17.0 Å². The summed E-state index contributed by atoms with van der Waals surface area (Å²) in [5.74, 6) is 2.16. The van der Waals surface area contributed by atoms with Crippen molar-refractivity contribution in [2.75, 3.05) is 31.2 Å². The molecular formula is C28H31N7O2. The first kappa shape index (κ1) is 23.7. The summed E-state index contributed by atoms with van der Waals surface area (Å²) in [6.45, 7) is 5.11. The van der Waals surface area contributed by atoms with E-state index in [-0.39, 0.29) is 6.10 Å². The molecule has 0 N–H and O–H groups in total. The Morgan fingerprint density at radius 1 is 0.892 bits per heavy atom. The van der Waals surface area contributed by atoms with Gasteiger partial charge in [-0.25, -0.2) is 24.9 Å². The predicted molar refractivity (Wildman–Crippen MR) is 140 cm³/mol. The molecule has 0 unspecified atom stereocenters. The second-order valence-electron chi connectivity index (χ2n) is 9.85. The van der Waals surface area contributed by atoms with Gasteiger partial charge in [-0.2, -0.15) is 0 Å². The summed E-state index contributed by atoms with van der Waals surface area (Å²) in [6, 6.07) is 6.31. The summed E-state index contributed by atoms with van der Waals surface area (Å²) in [5, 5.41) is 0. The Balaban J connectivity index is 1.11. The first-order chi connectivity index (χ1) is 18.2. The van der Waals surface area contributed by atoms with Crippen molar-refractivity contribution >= 4 is 16.7 Å². The van der Waals surface area contributed by atoms with E-state index in [4.69, 9.17) is 9.47 Å². The largest absolute Gasteiger partial charge is 0.488 e. The van der Waals surface area contributed by atoms with E-state index >= 15 is 0 Å². The first-order valence-electron chi connectivity index (χ1n) is 13.1. The van der Waals surface area contributed by atoms with Crippen LogP contribution in [0.1, 0.15) is 37.2 Å². The number of hydrogen-bond acceptors (Lipinski definition) is 9. The predicted octanol–water partition coefficient (Wildman–Crippen LogP) is 4.20. The summed E-state index contributed by atoms with van der Waals surface area (Å²) in [4.78, 5) is 29.0. The van der Waals surface area contributed by atoms with Crippen LogP contribution in [-0.4, -0.2) is 62.3 Å². The Kier molecular flexibility index (Phi) is 6.86. The fourth-order valence-electron chi connectivity index (χ4n) is 5.24. The van der Waals surface area contributed by atoms with E-state index in [0.29, 0.717) is 5.92 Å². The van der Waals surface area contributed by atoms with Crippen molar-refractivity contribution in [1.82, 2.24) is 29.9 Å². The summed E-state index contributed by atoms with van der Waals surface area (Å²) < 4.78 is 12.1. The van der Waals surface area contributed by atoms with Crippen molar-refractivity contribution in [3.05, 3.63) is 60.8 Å². The standard InChI is InChI=1S/C28H31N7O2/c1-19-31-16-21(17-32-19)25-13-22(33-18-34-25)12-20-2-4-24(5-3-20)37-27-15-23(35-8-10-36-11-9-35)14-26-28(27)30-7-6-29-26/h6-7,13-18,20,24H,2-5,8-12H2,1H3.